The fourth-order valence-corrected chi connectivity index (χ4v) is 2.21. The van der Waals surface area contributed by atoms with E-state index in [0.29, 0.717) is 5.56 Å². The Balaban J connectivity index is 2.23. The van der Waals surface area contributed by atoms with Gasteiger partial charge in [0.25, 0.3) is 5.91 Å². The molecule has 0 aromatic heterocycles. The first kappa shape index (κ1) is 14.4. The Bertz CT molecular complexity index is 691. The van der Waals surface area contributed by atoms with Crippen molar-refractivity contribution in [3.05, 3.63) is 67.5 Å². The standard InChI is InChI=1S/C13H8FIN2O3/c14-10-7-8(5-6-12(10)17(19)20)16-13(18)9-3-1-2-4-11(9)15/h1-7H,(H,16,18). The Morgan fingerprint density at radius 3 is 2.55 bits per heavy atom. The molecule has 7 heteroatoms. The van der Waals surface area contributed by atoms with Crippen molar-refractivity contribution in [3.63, 3.8) is 0 Å². The second-order valence-electron chi connectivity index (χ2n) is 3.86. The molecule has 5 nitrogen and oxygen atoms in total. The van der Waals surface area contributed by atoms with Gasteiger partial charge in [-0.05, 0) is 40.8 Å². The van der Waals surface area contributed by atoms with Crippen molar-refractivity contribution in [1.82, 2.24) is 0 Å². The molecule has 102 valence electrons. The van der Waals surface area contributed by atoms with Crippen molar-refractivity contribution in [2.24, 2.45) is 0 Å². The van der Waals surface area contributed by atoms with Crippen LogP contribution in [0.5, 0.6) is 0 Å². The lowest BCUT2D eigenvalue weighted by Crippen LogP contribution is -2.13. The van der Waals surface area contributed by atoms with Crippen LogP contribution in [0.3, 0.4) is 0 Å². The van der Waals surface area contributed by atoms with Crippen molar-refractivity contribution in [2.75, 3.05) is 5.32 Å². The molecule has 1 amide bonds. The highest BCUT2D eigenvalue weighted by molar-refractivity contribution is 14.1. The van der Waals surface area contributed by atoms with Crippen LogP contribution in [0.4, 0.5) is 15.8 Å². The summed E-state index contributed by atoms with van der Waals surface area (Å²) < 4.78 is 14.2. The van der Waals surface area contributed by atoms with Crippen molar-refractivity contribution >= 4 is 39.9 Å². The van der Waals surface area contributed by atoms with E-state index < -0.39 is 22.3 Å². The summed E-state index contributed by atoms with van der Waals surface area (Å²) in [6.45, 7) is 0. The van der Waals surface area contributed by atoms with Gasteiger partial charge in [0.05, 0.1) is 10.5 Å². The summed E-state index contributed by atoms with van der Waals surface area (Å²) in [5.74, 6) is -1.39. The first-order valence-electron chi connectivity index (χ1n) is 5.49. The van der Waals surface area contributed by atoms with Crippen molar-refractivity contribution in [2.45, 2.75) is 0 Å². The minimum absolute atomic E-state index is 0.165. The normalized spacial score (nSPS) is 10.1. The molecule has 2 aromatic carbocycles. The van der Waals surface area contributed by atoms with Gasteiger partial charge >= 0.3 is 5.69 Å². The number of nitrogens with zero attached hydrogens (tertiary/aromatic N) is 1. The summed E-state index contributed by atoms with van der Waals surface area (Å²) >= 11 is 2.01. The largest absolute Gasteiger partial charge is 0.322 e. The smallest absolute Gasteiger partial charge is 0.304 e. The maximum Gasteiger partial charge on any atom is 0.304 e. The molecular formula is C13H8FIN2O3. The zero-order chi connectivity index (χ0) is 14.7. The molecular weight excluding hydrogens is 378 g/mol. The third-order valence-corrected chi connectivity index (χ3v) is 3.46. The van der Waals surface area contributed by atoms with Gasteiger partial charge in [0.1, 0.15) is 0 Å². The maximum atomic E-state index is 13.4. The number of nitro groups is 1. The molecule has 2 aromatic rings. The molecule has 0 radical (unpaired) electrons. The number of anilines is 1. The van der Waals surface area contributed by atoms with Gasteiger partial charge in [-0.2, -0.15) is 4.39 Å². The summed E-state index contributed by atoms with van der Waals surface area (Å²) in [4.78, 5) is 21.7. The van der Waals surface area contributed by atoms with E-state index in [-0.39, 0.29) is 5.69 Å². The highest BCUT2D eigenvalue weighted by atomic mass is 127. The monoisotopic (exact) mass is 386 g/mol. The SMILES string of the molecule is O=C(Nc1ccc([N+](=O)[O-])c(F)c1)c1ccccc1I. The van der Waals surface area contributed by atoms with Gasteiger partial charge in [-0.1, -0.05) is 12.1 Å². The predicted octanol–water partition coefficient (Wildman–Crippen LogP) is 3.59. The Morgan fingerprint density at radius 1 is 1.25 bits per heavy atom. The Labute approximate surface area is 127 Å². The fourth-order valence-electron chi connectivity index (χ4n) is 1.58. The van der Waals surface area contributed by atoms with E-state index in [0.717, 1.165) is 15.7 Å². The number of nitro benzene ring substituents is 1. The molecule has 0 saturated heterocycles. The van der Waals surface area contributed by atoms with E-state index >= 15 is 0 Å². The number of nitrogens with one attached hydrogen (secondary N) is 1. The summed E-state index contributed by atoms with van der Waals surface area (Å²) in [7, 11) is 0. The lowest BCUT2D eigenvalue weighted by Gasteiger charge is -2.07. The van der Waals surface area contributed by atoms with Gasteiger partial charge in [-0.25, -0.2) is 0 Å². The topological polar surface area (TPSA) is 72.2 Å². The van der Waals surface area contributed by atoms with E-state index in [1.807, 2.05) is 22.6 Å². The second kappa shape index (κ2) is 5.95. The first-order chi connectivity index (χ1) is 9.49. The molecule has 0 spiro atoms. The molecule has 0 heterocycles. The number of carbonyl (C=O) groups excluding carboxylic acids is 1. The Morgan fingerprint density at radius 2 is 1.95 bits per heavy atom. The molecule has 0 aliphatic rings. The van der Waals surface area contributed by atoms with Crippen LogP contribution < -0.4 is 5.32 Å². The van der Waals surface area contributed by atoms with Crippen LogP contribution in [0.1, 0.15) is 10.4 Å². The first-order valence-corrected chi connectivity index (χ1v) is 6.56. The molecule has 0 fully saturated rings. The number of rotatable bonds is 3. The van der Waals surface area contributed by atoms with Gasteiger partial charge in [0.15, 0.2) is 0 Å². The fraction of sp³-hybridized carbons (Fsp3) is 0. The van der Waals surface area contributed by atoms with Crippen LogP contribution in [0.25, 0.3) is 0 Å². The van der Waals surface area contributed by atoms with Gasteiger partial charge in [-0.3, -0.25) is 14.9 Å². The molecule has 0 aliphatic carbocycles. The van der Waals surface area contributed by atoms with Crippen LogP contribution in [-0.2, 0) is 0 Å². The summed E-state index contributed by atoms with van der Waals surface area (Å²) in [6.07, 6.45) is 0. The van der Waals surface area contributed by atoms with E-state index in [9.17, 15) is 19.3 Å². The minimum atomic E-state index is -0.990. The number of benzene rings is 2. The Hall–Kier alpha value is -2.03. The second-order valence-corrected chi connectivity index (χ2v) is 5.02. The van der Waals surface area contributed by atoms with Crippen LogP contribution in [0.15, 0.2) is 42.5 Å². The average Bonchev–Trinajstić information content (AvgIpc) is 2.38. The van der Waals surface area contributed by atoms with E-state index in [4.69, 9.17) is 0 Å². The van der Waals surface area contributed by atoms with Gasteiger partial charge < -0.3 is 5.32 Å². The van der Waals surface area contributed by atoms with Crippen molar-refractivity contribution in [3.8, 4) is 0 Å². The number of hydrogen-bond donors (Lipinski definition) is 1. The summed E-state index contributed by atoms with van der Waals surface area (Å²) in [5, 5.41) is 13.0. The number of halogens is 2. The van der Waals surface area contributed by atoms with Crippen LogP contribution >= 0.6 is 22.6 Å². The molecule has 0 saturated carbocycles. The number of amides is 1. The van der Waals surface area contributed by atoms with Crippen molar-refractivity contribution < 1.29 is 14.1 Å². The molecule has 0 unspecified atom stereocenters. The summed E-state index contributed by atoms with van der Waals surface area (Å²) in [6, 6.07) is 10.1. The molecule has 2 rings (SSSR count). The van der Waals surface area contributed by atoms with E-state index in [1.165, 1.54) is 6.07 Å². The highest BCUT2D eigenvalue weighted by Gasteiger charge is 2.15. The number of hydrogen-bond acceptors (Lipinski definition) is 3. The zero-order valence-corrected chi connectivity index (χ0v) is 12.1. The van der Waals surface area contributed by atoms with Crippen LogP contribution in [-0.4, -0.2) is 10.8 Å². The zero-order valence-electron chi connectivity index (χ0n) is 9.97. The number of carbonyl (C=O) groups is 1. The van der Waals surface area contributed by atoms with E-state index in [2.05, 4.69) is 5.32 Å². The molecule has 0 atom stereocenters. The van der Waals surface area contributed by atoms with Gasteiger partial charge in [0, 0.05) is 21.4 Å². The lowest BCUT2D eigenvalue weighted by molar-refractivity contribution is -0.387. The van der Waals surface area contributed by atoms with E-state index in [1.54, 1.807) is 24.3 Å². The maximum absolute atomic E-state index is 13.4. The molecule has 0 aliphatic heterocycles. The van der Waals surface area contributed by atoms with Crippen LogP contribution in [0.2, 0.25) is 0 Å². The Kier molecular flexibility index (Phi) is 4.28. The van der Waals surface area contributed by atoms with Gasteiger partial charge in [-0.15, -0.1) is 0 Å². The van der Waals surface area contributed by atoms with Crippen LogP contribution in [0, 0.1) is 19.5 Å². The summed E-state index contributed by atoms with van der Waals surface area (Å²) in [5.41, 5.74) is -0.0121. The highest BCUT2D eigenvalue weighted by Crippen LogP contribution is 2.21. The average molecular weight is 386 g/mol. The molecule has 0 bridgehead atoms. The third kappa shape index (κ3) is 3.10. The molecule has 1 N–H and O–H groups in total. The predicted molar refractivity (Wildman–Crippen MR) is 80.2 cm³/mol. The molecule has 20 heavy (non-hydrogen) atoms. The quantitative estimate of drug-likeness (QED) is 0.498. The van der Waals surface area contributed by atoms with Gasteiger partial charge in [0.2, 0.25) is 5.82 Å². The minimum Gasteiger partial charge on any atom is -0.322 e. The lowest BCUT2D eigenvalue weighted by atomic mass is 10.2. The third-order valence-electron chi connectivity index (χ3n) is 2.52. The van der Waals surface area contributed by atoms with Crippen molar-refractivity contribution in [1.29, 1.82) is 0 Å².